The van der Waals surface area contributed by atoms with Crippen molar-refractivity contribution in [3.05, 3.63) is 88.7 Å². The van der Waals surface area contributed by atoms with Gasteiger partial charge in [0.25, 0.3) is 0 Å². The van der Waals surface area contributed by atoms with Gasteiger partial charge in [-0.15, -0.1) is 0 Å². The summed E-state index contributed by atoms with van der Waals surface area (Å²) in [7, 11) is -3.91. The van der Waals surface area contributed by atoms with Crippen LogP contribution in [0, 0.1) is 12.3 Å². The summed E-state index contributed by atoms with van der Waals surface area (Å²) in [6, 6.07) is 13.1. The first-order valence-corrected chi connectivity index (χ1v) is 14.0. The summed E-state index contributed by atoms with van der Waals surface area (Å²) in [6.07, 6.45) is 4.48. The van der Waals surface area contributed by atoms with E-state index in [1.54, 1.807) is 62.3 Å². The molecule has 2 unspecified atom stereocenters. The minimum atomic E-state index is -3.91. The minimum Gasteiger partial charge on any atom is -0.497 e. The molecule has 0 aliphatic carbocycles. The van der Waals surface area contributed by atoms with Crippen molar-refractivity contribution in [2.24, 2.45) is 5.41 Å². The van der Waals surface area contributed by atoms with E-state index in [1.807, 2.05) is 45.0 Å². The van der Waals surface area contributed by atoms with E-state index in [1.165, 1.54) is 12.3 Å². The predicted molar refractivity (Wildman–Crippen MR) is 147 cm³/mol. The number of carbonyl (C=O) groups is 1. The molecule has 1 aliphatic heterocycles. The fraction of sp³-hybridized carbons (Fsp3) is 0.414. The summed E-state index contributed by atoms with van der Waals surface area (Å²) in [4.78, 5) is 12.3. The lowest BCUT2D eigenvalue weighted by molar-refractivity contribution is -0.148. The van der Waals surface area contributed by atoms with Gasteiger partial charge in [0.05, 0.1) is 23.3 Å². The molecule has 0 bridgehead atoms. The van der Waals surface area contributed by atoms with Crippen molar-refractivity contribution in [3.8, 4) is 0 Å². The van der Waals surface area contributed by atoms with Crippen LogP contribution in [0.1, 0.15) is 58.7 Å². The van der Waals surface area contributed by atoms with Crippen LogP contribution < -0.4 is 0 Å². The molecule has 0 saturated heterocycles. The first-order chi connectivity index (χ1) is 17.1. The SMILES string of the molecule is Cc1ccccc1S(=O)(=O)N1C(c2ccc(Cl)cc2)C(COC=CC(=O)OC(C)(C)C)=CC1C(C)(C)C. The molecule has 0 fully saturated rings. The Balaban J connectivity index is 2.03. The summed E-state index contributed by atoms with van der Waals surface area (Å²) < 4.78 is 41.0. The standard InChI is InChI=1S/C29H36ClNO5S/c1-20-10-8-9-11-24(20)37(33,34)31-25(28(2,3)4)18-22(27(31)21-12-14-23(30)15-13-21)19-35-17-16-26(32)36-29(5,6)7/h8-18,25,27H,19H2,1-7H3. The number of ether oxygens (including phenoxy) is 2. The molecular formula is C29H36ClNO5S. The maximum absolute atomic E-state index is 14.2. The molecule has 3 rings (SSSR count). The number of halogens is 1. The smallest absolute Gasteiger partial charge is 0.334 e. The number of rotatable bonds is 7. The Morgan fingerprint density at radius 2 is 1.65 bits per heavy atom. The van der Waals surface area contributed by atoms with Crippen molar-refractivity contribution in [1.82, 2.24) is 4.31 Å². The first-order valence-electron chi connectivity index (χ1n) is 12.2. The molecule has 1 aliphatic rings. The summed E-state index contributed by atoms with van der Waals surface area (Å²) in [5.74, 6) is -0.515. The second-order valence-corrected chi connectivity index (χ2v) is 13.5. The van der Waals surface area contributed by atoms with Crippen LogP contribution in [-0.4, -0.2) is 36.9 Å². The number of hydrogen-bond acceptors (Lipinski definition) is 5. The van der Waals surface area contributed by atoms with E-state index in [2.05, 4.69) is 0 Å². The third-order valence-corrected chi connectivity index (χ3v) is 8.19. The molecule has 200 valence electrons. The number of carbonyl (C=O) groups excluding carboxylic acids is 1. The van der Waals surface area contributed by atoms with Crippen LogP contribution in [0.3, 0.4) is 0 Å². The summed E-state index contributed by atoms with van der Waals surface area (Å²) in [5, 5.41) is 0.560. The van der Waals surface area contributed by atoms with E-state index < -0.39 is 39.1 Å². The van der Waals surface area contributed by atoms with Crippen LogP contribution in [0.5, 0.6) is 0 Å². The molecule has 0 aromatic heterocycles. The van der Waals surface area contributed by atoms with Gasteiger partial charge in [0, 0.05) is 11.1 Å². The Morgan fingerprint density at radius 1 is 1.03 bits per heavy atom. The van der Waals surface area contributed by atoms with Gasteiger partial charge in [-0.2, -0.15) is 4.31 Å². The lowest BCUT2D eigenvalue weighted by atomic mass is 9.87. The number of esters is 1. The fourth-order valence-corrected chi connectivity index (χ4v) is 6.58. The normalized spacial score (nSPS) is 19.2. The van der Waals surface area contributed by atoms with Gasteiger partial charge in [-0.25, -0.2) is 13.2 Å². The molecule has 2 atom stereocenters. The molecule has 0 spiro atoms. The summed E-state index contributed by atoms with van der Waals surface area (Å²) in [5.41, 5.74) is 1.20. The molecule has 37 heavy (non-hydrogen) atoms. The average Bonchev–Trinajstić information content (AvgIpc) is 3.17. The molecule has 2 aromatic carbocycles. The Bertz CT molecular complexity index is 1280. The highest BCUT2D eigenvalue weighted by molar-refractivity contribution is 7.89. The van der Waals surface area contributed by atoms with Crippen molar-refractivity contribution in [3.63, 3.8) is 0 Å². The lowest BCUT2D eigenvalue weighted by Crippen LogP contribution is -2.45. The van der Waals surface area contributed by atoms with Crippen LogP contribution in [0.25, 0.3) is 0 Å². The van der Waals surface area contributed by atoms with Gasteiger partial charge in [0.1, 0.15) is 12.2 Å². The van der Waals surface area contributed by atoms with Gasteiger partial charge in [-0.3, -0.25) is 0 Å². The van der Waals surface area contributed by atoms with Crippen LogP contribution in [0.15, 0.2) is 77.4 Å². The van der Waals surface area contributed by atoms with Gasteiger partial charge < -0.3 is 9.47 Å². The zero-order valence-corrected chi connectivity index (χ0v) is 24.1. The maximum Gasteiger partial charge on any atom is 0.334 e. The summed E-state index contributed by atoms with van der Waals surface area (Å²) >= 11 is 6.15. The lowest BCUT2D eigenvalue weighted by Gasteiger charge is -2.37. The molecule has 8 heteroatoms. The highest BCUT2D eigenvalue weighted by Crippen LogP contribution is 2.46. The third-order valence-electron chi connectivity index (χ3n) is 5.93. The quantitative estimate of drug-likeness (QED) is 0.169. The number of nitrogens with zero attached hydrogens (tertiary/aromatic N) is 1. The Hall–Kier alpha value is -2.61. The van der Waals surface area contributed by atoms with Gasteiger partial charge in [0.15, 0.2) is 0 Å². The molecular weight excluding hydrogens is 510 g/mol. The van der Waals surface area contributed by atoms with Crippen LogP contribution in [0.4, 0.5) is 0 Å². The zero-order valence-electron chi connectivity index (χ0n) is 22.5. The molecule has 6 nitrogen and oxygen atoms in total. The molecule has 0 amide bonds. The van der Waals surface area contributed by atoms with E-state index in [4.69, 9.17) is 21.1 Å². The molecule has 1 heterocycles. The molecule has 0 saturated carbocycles. The second-order valence-electron chi connectivity index (χ2n) is 11.3. The van der Waals surface area contributed by atoms with Crippen LogP contribution in [-0.2, 0) is 24.3 Å². The molecule has 2 aromatic rings. The Kier molecular flexibility index (Phi) is 8.62. The van der Waals surface area contributed by atoms with E-state index in [0.29, 0.717) is 10.6 Å². The topological polar surface area (TPSA) is 72.9 Å². The number of benzene rings is 2. The third kappa shape index (κ3) is 7.03. The average molecular weight is 546 g/mol. The van der Waals surface area contributed by atoms with Gasteiger partial charge >= 0.3 is 5.97 Å². The van der Waals surface area contributed by atoms with Crippen molar-refractivity contribution in [2.75, 3.05) is 6.61 Å². The van der Waals surface area contributed by atoms with Crippen molar-refractivity contribution >= 4 is 27.6 Å². The highest BCUT2D eigenvalue weighted by atomic mass is 35.5. The van der Waals surface area contributed by atoms with E-state index in [9.17, 15) is 13.2 Å². The highest BCUT2D eigenvalue weighted by Gasteiger charge is 2.48. The molecule has 0 radical (unpaired) electrons. The van der Waals surface area contributed by atoms with Gasteiger partial charge in [-0.1, -0.05) is 68.8 Å². The van der Waals surface area contributed by atoms with Crippen LogP contribution in [0.2, 0.25) is 5.02 Å². The fourth-order valence-electron chi connectivity index (χ4n) is 4.29. The van der Waals surface area contributed by atoms with E-state index in [0.717, 1.165) is 11.1 Å². The first kappa shape index (κ1) is 29.0. The number of sulfonamides is 1. The van der Waals surface area contributed by atoms with Crippen molar-refractivity contribution < 1.29 is 22.7 Å². The van der Waals surface area contributed by atoms with E-state index in [-0.39, 0.29) is 11.5 Å². The van der Waals surface area contributed by atoms with Crippen LogP contribution >= 0.6 is 11.6 Å². The Labute approximate surface area is 226 Å². The largest absolute Gasteiger partial charge is 0.497 e. The zero-order chi connectivity index (χ0) is 27.6. The Morgan fingerprint density at radius 3 is 2.22 bits per heavy atom. The minimum absolute atomic E-state index is 0.0962. The second kappa shape index (κ2) is 11.0. The summed E-state index contributed by atoms with van der Waals surface area (Å²) in [6.45, 7) is 13.3. The van der Waals surface area contributed by atoms with E-state index >= 15 is 0 Å². The maximum atomic E-state index is 14.2. The van der Waals surface area contributed by atoms with Crippen molar-refractivity contribution in [1.29, 1.82) is 0 Å². The van der Waals surface area contributed by atoms with Gasteiger partial charge in [0.2, 0.25) is 10.0 Å². The molecule has 0 N–H and O–H groups in total. The number of aryl methyl sites for hydroxylation is 1. The predicted octanol–water partition coefficient (Wildman–Crippen LogP) is 6.61. The van der Waals surface area contributed by atoms with Crippen molar-refractivity contribution in [2.45, 2.75) is 71.0 Å². The number of hydrogen-bond donors (Lipinski definition) is 0. The monoisotopic (exact) mass is 545 g/mol. The van der Waals surface area contributed by atoms with Gasteiger partial charge in [-0.05, 0) is 68.0 Å².